The quantitative estimate of drug-likeness (QED) is 0.0135. The van der Waals surface area contributed by atoms with Crippen LogP contribution in [0.15, 0.2) is 218 Å². The number of pyridine rings is 4. The molecule has 5 N–H and O–H groups in total. The number of nitrogens with zero attached hydrogens (tertiary/aromatic N) is 8. The molecule has 2 aliphatic heterocycles. The largest absolute Gasteiger partial charge is 0.497 e. The van der Waals surface area contributed by atoms with E-state index >= 15 is 0 Å². The van der Waals surface area contributed by atoms with Crippen LogP contribution in [0.3, 0.4) is 0 Å². The Balaban J connectivity index is 0.808. The third kappa shape index (κ3) is 26.2. The second kappa shape index (κ2) is 43.1. The van der Waals surface area contributed by atoms with Crippen LogP contribution in [-0.2, 0) is 91.1 Å². The highest BCUT2D eigenvalue weighted by Gasteiger charge is 2.45. The first-order chi connectivity index (χ1) is 57.7. The number of allylic oxidation sites excluding steroid dienone is 8. The van der Waals surface area contributed by atoms with E-state index in [2.05, 4.69) is 150 Å². The topological polar surface area (TPSA) is 288 Å². The number of alkyl halides is 1. The van der Waals surface area contributed by atoms with Crippen LogP contribution in [0.5, 0.6) is 17.2 Å². The van der Waals surface area contributed by atoms with Crippen LogP contribution in [0, 0.1) is 0 Å². The second-order valence-corrected chi connectivity index (χ2v) is 35.3. The van der Waals surface area contributed by atoms with Crippen LogP contribution in [0.25, 0.3) is 5.57 Å². The molecule has 0 saturated carbocycles. The molecule has 0 bridgehead atoms. The number of hydrogen-bond acceptors (Lipinski definition) is 17. The third-order valence-electron chi connectivity index (χ3n) is 22.2. The summed E-state index contributed by atoms with van der Waals surface area (Å²) in [6.07, 6.45) is 21.0. The molecule has 1 unspecified atom stereocenters. The summed E-state index contributed by atoms with van der Waals surface area (Å²) in [7, 11) is -5.03. The Morgan fingerprint density at radius 2 is 1.13 bits per heavy atom. The maximum absolute atomic E-state index is 14.3. The van der Waals surface area contributed by atoms with Gasteiger partial charge in [-0.25, -0.2) is 4.39 Å². The number of benzene rings is 4. The predicted octanol–water partition coefficient (Wildman–Crippen LogP) is 15.2. The van der Waals surface area contributed by atoms with Crippen LogP contribution < -0.4 is 35.1 Å². The lowest BCUT2D eigenvalue weighted by Gasteiger charge is -2.28. The molecule has 636 valence electrons. The van der Waals surface area contributed by atoms with Gasteiger partial charge in [-0.2, -0.15) is 21.4 Å². The minimum absolute atomic E-state index is 0.0770. The van der Waals surface area contributed by atoms with E-state index < -0.39 is 49.2 Å². The molecule has 4 aromatic heterocycles. The molecular formula is C94H115FN11O12S2+. The zero-order chi connectivity index (χ0) is 85.2. The number of amides is 3. The van der Waals surface area contributed by atoms with Crippen molar-refractivity contribution in [2.45, 2.75) is 187 Å². The molecule has 26 heteroatoms. The molecule has 11 rings (SSSR count). The van der Waals surface area contributed by atoms with Gasteiger partial charge in [0.25, 0.3) is 26.1 Å². The molecule has 8 aromatic rings. The Labute approximate surface area is 706 Å². The van der Waals surface area contributed by atoms with Crippen LogP contribution in [-0.4, -0.2) is 154 Å². The molecule has 3 aliphatic rings. The van der Waals surface area contributed by atoms with Crippen molar-refractivity contribution in [3.05, 3.63) is 274 Å². The van der Waals surface area contributed by atoms with Crippen LogP contribution in [0.1, 0.15) is 174 Å². The van der Waals surface area contributed by atoms with E-state index in [1.54, 1.807) is 14.2 Å². The minimum Gasteiger partial charge on any atom is -0.497 e. The molecule has 0 fully saturated rings. The Hall–Kier alpha value is -10.6. The molecule has 6 heterocycles. The molecule has 3 amide bonds. The molecule has 23 nitrogen and oxygen atoms in total. The van der Waals surface area contributed by atoms with Crippen LogP contribution in [0.2, 0.25) is 0 Å². The van der Waals surface area contributed by atoms with Crippen molar-refractivity contribution >= 4 is 60.6 Å². The summed E-state index contributed by atoms with van der Waals surface area (Å²) in [4.78, 5) is 66.2. The fraction of sp³-hybridized carbons (Fsp3) is 0.404. The van der Waals surface area contributed by atoms with Crippen molar-refractivity contribution in [1.82, 2.24) is 45.7 Å². The summed E-state index contributed by atoms with van der Waals surface area (Å²) < 4.78 is 101. The summed E-state index contributed by atoms with van der Waals surface area (Å²) in [5, 5.41) is 8.73. The number of anilines is 1. The number of hydrogen-bond donors (Lipinski definition) is 5. The van der Waals surface area contributed by atoms with E-state index in [9.17, 15) is 44.7 Å². The maximum Gasteiger partial charge on any atom is 0.264 e. The second-order valence-electron chi connectivity index (χ2n) is 32.1. The van der Waals surface area contributed by atoms with Gasteiger partial charge in [0.05, 0.1) is 60.5 Å². The molecule has 0 spiro atoms. The monoisotopic (exact) mass is 1670 g/mol. The van der Waals surface area contributed by atoms with Crippen molar-refractivity contribution in [1.29, 1.82) is 0 Å². The number of rotatable bonds is 45. The van der Waals surface area contributed by atoms with Gasteiger partial charge in [-0.15, -0.1) is 0 Å². The van der Waals surface area contributed by atoms with Crippen LogP contribution >= 0.6 is 0 Å². The number of fused-ring (bicyclic) bond motifs is 2. The zero-order valence-corrected chi connectivity index (χ0v) is 71.7. The Morgan fingerprint density at radius 1 is 0.583 bits per heavy atom. The Kier molecular flexibility index (Phi) is 32.3. The molecule has 2 atom stereocenters. The normalized spacial score (nSPS) is 15.7. The van der Waals surface area contributed by atoms with Gasteiger partial charge in [-0.05, 0) is 239 Å². The van der Waals surface area contributed by atoms with E-state index in [1.807, 2.05) is 134 Å². The summed E-state index contributed by atoms with van der Waals surface area (Å²) in [5.41, 5.74) is 16.0. The summed E-state index contributed by atoms with van der Waals surface area (Å²) in [6, 6.07) is 49.6. The molecule has 0 radical (unpaired) electrons. The van der Waals surface area contributed by atoms with Gasteiger partial charge in [-0.3, -0.25) is 53.2 Å². The van der Waals surface area contributed by atoms with Crippen molar-refractivity contribution < 1.29 is 63.5 Å². The number of methoxy groups -OCH3 is 2. The van der Waals surface area contributed by atoms with Gasteiger partial charge >= 0.3 is 0 Å². The number of carbonyl (C=O) groups excluding carboxylic acids is 3. The number of ether oxygens (including phenoxy) is 3. The van der Waals surface area contributed by atoms with Gasteiger partial charge in [0, 0.05) is 131 Å². The maximum atomic E-state index is 14.3. The highest BCUT2D eigenvalue weighted by Crippen LogP contribution is 2.50. The summed E-state index contributed by atoms with van der Waals surface area (Å²) in [6.45, 7) is 15.3. The van der Waals surface area contributed by atoms with Crippen LogP contribution in [0.4, 0.5) is 15.8 Å². The number of carbonyl (C=O) groups is 3. The highest BCUT2D eigenvalue weighted by atomic mass is 32.2. The first-order valence-corrected chi connectivity index (χ1v) is 44.8. The molecule has 4 aromatic carbocycles. The first kappa shape index (κ1) is 90.2. The van der Waals surface area contributed by atoms with E-state index in [4.69, 9.17) is 14.2 Å². The summed E-state index contributed by atoms with van der Waals surface area (Å²) in [5.74, 6) is 0.0844. The zero-order valence-electron chi connectivity index (χ0n) is 70.0. The number of nitrogens with one attached hydrogen (secondary N) is 3. The Bertz CT molecular complexity index is 5000. The van der Waals surface area contributed by atoms with Gasteiger partial charge < -0.3 is 35.1 Å². The number of halogens is 1. The van der Waals surface area contributed by atoms with Crippen molar-refractivity contribution in [3.63, 3.8) is 0 Å². The van der Waals surface area contributed by atoms with Crippen molar-refractivity contribution in [3.8, 4) is 17.2 Å². The van der Waals surface area contributed by atoms with E-state index in [0.29, 0.717) is 128 Å². The molecule has 1 aliphatic carbocycles. The average molecular weight is 1670 g/mol. The SMILES string of the molecule is COc1ccc2c(c1)C(C)(C)C(/C=C/C1=C(c3ccc(CCC(=O)N[C@@H](CCCCNC(=O)C(C)[18F])C(=O)NCCCCOc4cc(CN(Cc5ccccn5)Cc5ccccn5)cc(CN(Cc5ccccn5)Cc5ccccn5)c4)cc3)C(=C/C=C3/N(CCCCS(=O)(=O)O)c4ccc(OC)cc4C3(C)C)/CCC1)=[N+]2CCCCS(=O)(=O)O. The fourth-order valence-electron chi connectivity index (χ4n) is 16.1. The van der Waals surface area contributed by atoms with Crippen molar-refractivity contribution in [2.75, 3.05) is 63.4 Å². The van der Waals surface area contributed by atoms with E-state index in [1.165, 1.54) is 6.92 Å². The number of aryl methyl sites for hydroxylation is 1. The predicted molar refractivity (Wildman–Crippen MR) is 468 cm³/mol. The third-order valence-corrected chi connectivity index (χ3v) is 23.8. The number of unbranched alkanes of at least 4 members (excludes halogenated alkanes) is 4. The van der Waals surface area contributed by atoms with Gasteiger partial charge in [0.1, 0.15) is 29.8 Å². The van der Waals surface area contributed by atoms with Gasteiger partial charge in [-0.1, -0.05) is 80.6 Å². The van der Waals surface area contributed by atoms with Gasteiger partial charge in [0.2, 0.25) is 17.5 Å². The molecular weight excluding hydrogens is 1560 g/mol. The lowest BCUT2D eigenvalue weighted by Crippen LogP contribution is -2.47. The number of aromatic nitrogens is 4. The fourth-order valence-corrected chi connectivity index (χ4v) is 17.2. The van der Waals surface area contributed by atoms with E-state index in [0.717, 1.165) is 115 Å². The van der Waals surface area contributed by atoms with E-state index in [-0.39, 0.29) is 55.5 Å². The first-order valence-electron chi connectivity index (χ1n) is 41.6. The molecule has 120 heavy (non-hydrogen) atoms. The van der Waals surface area contributed by atoms with Crippen molar-refractivity contribution in [2.24, 2.45) is 0 Å². The molecule has 0 saturated heterocycles. The van der Waals surface area contributed by atoms with Gasteiger partial charge in [0.15, 0.2) is 11.9 Å². The highest BCUT2D eigenvalue weighted by molar-refractivity contribution is 7.86. The lowest BCUT2D eigenvalue weighted by atomic mass is 9.79. The smallest absolute Gasteiger partial charge is 0.264 e. The lowest BCUT2D eigenvalue weighted by molar-refractivity contribution is -0.438. The Morgan fingerprint density at radius 3 is 1.68 bits per heavy atom. The standard InChI is InChI=1S/C94H114FN11O12S2/c1-68(95)91(108)100-50-17-12-31-84(92(109)101-51-18-21-54-118-81-58-70(62-103(64-75-27-8-13-46-96-75)65-76-28-9-14-47-97-76)57-71(59-81)63-104(66-77-29-10-15-48-98-77)67-78-30-11-16-49-99-78)102-89(107)45-34-69-32-35-74(36-33-69)90-72(37-43-87-93(2,3)82-60-79(116-6)39-41-85(82)105(87)52-19-22-55-119(110,111)112)25-24-26-73(90)38-44-88-94(4,5)83-61-80(117-7)40-42-86(83)106(88)53-20-23-56-120(113,114)115/h8-11,13-16,27-30,32-33,35-44,46-49,57-61,68,84H,12,17-26,31,34,45,50-56,62-67H2,1-7H3,(H4-,100,101,102,107,108,109,110,111,112,113,114,115)/p+1/t68?,84-/m0/s1/i95-1. The summed E-state index contributed by atoms with van der Waals surface area (Å²) >= 11 is 0. The average Bonchev–Trinajstić information content (AvgIpc) is 1.59. The minimum atomic E-state index is -4.16.